The lowest BCUT2D eigenvalue weighted by Gasteiger charge is -2.02. The lowest BCUT2D eigenvalue weighted by Crippen LogP contribution is -2.08. The van der Waals surface area contributed by atoms with Gasteiger partial charge >= 0.3 is 5.97 Å². The van der Waals surface area contributed by atoms with Crippen molar-refractivity contribution in [2.24, 2.45) is 0 Å². The molecular formula is C10H10N2O2. The molecule has 0 saturated heterocycles. The quantitative estimate of drug-likeness (QED) is 0.662. The molecule has 0 aromatic carbocycles. The molecule has 0 saturated carbocycles. The first-order chi connectivity index (χ1) is 6.69. The Morgan fingerprint density at radius 2 is 2.36 bits per heavy atom. The van der Waals surface area contributed by atoms with Crippen LogP contribution in [-0.2, 0) is 4.74 Å². The van der Waals surface area contributed by atoms with Gasteiger partial charge in [-0.3, -0.25) is 0 Å². The van der Waals surface area contributed by atoms with Gasteiger partial charge in [-0.1, -0.05) is 0 Å². The first-order valence-electron chi connectivity index (χ1n) is 4.24. The highest BCUT2D eigenvalue weighted by molar-refractivity contribution is 5.87. The summed E-state index contributed by atoms with van der Waals surface area (Å²) >= 11 is 0. The highest BCUT2D eigenvalue weighted by Gasteiger charge is 2.09. The van der Waals surface area contributed by atoms with Crippen LogP contribution in [0.3, 0.4) is 0 Å². The second kappa shape index (κ2) is 4.38. The largest absolute Gasteiger partial charge is 0.461 e. The minimum atomic E-state index is -0.458. The number of aromatic nitrogens is 1. The van der Waals surface area contributed by atoms with Crippen LogP contribution < -0.4 is 0 Å². The molecular weight excluding hydrogens is 180 g/mol. The predicted octanol–water partition coefficient (Wildman–Crippen LogP) is 1.44. The van der Waals surface area contributed by atoms with Crippen LogP contribution in [0.2, 0.25) is 0 Å². The van der Waals surface area contributed by atoms with Gasteiger partial charge in [0.1, 0.15) is 11.8 Å². The first kappa shape index (κ1) is 10.2. The third-order valence-electron chi connectivity index (χ3n) is 1.69. The number of nitriles is 1. The van der Waals surface area contributed by atoms with Gasteiger partial charge in [0.15, 0.2) is 0 Å². The molecule has 0 amide bonds. The van der Waals surface area contributed by atoms with E-state index in [1.165, 1.54) is 6.07 Å². The Kier molecular flexibility index (Phi) is 3.19. The van der Waals surface area contributed by atoms with Crippen LogP contribution in [0.1, 0.15) is 28.7 Å². The smallest absolute Gasteiger partial charge is 0.356 e. The van der Waals surface area contributed by atoms with Crippen LogP contribution in [0.25, 0.3) is 0 Å². The molecule has 0 fully saturated rings. The maximum absolute atomic E-state index is 11.2. The number of ether oxygens (including phenoxy) is 1. The Morgan fingerprint density at radius 3 is 2.86 bits per heavy atom. The van der Waals surface area contributed by atoms with Crippen molar-refractivity contribution >= 4 is 5.97 Å². The number of nitrogens with zero attached hydrogens (tertiary/aromatic N) is 2. The molecule has 1 rings (SSSR count). The van der Waals surface area contributed by atoms with Crippen LogP contribution in [-0.4, -0.2) is 17.6 Å². The summed E-state index contributed by atoms with van der Waals surface area (Å²) in [5, 5.41) is 8.65. The van der Waals surface area contributed by atoms with Crippen molar-refractivity contribution in [3.8, 4) is 6.07 Å². The summed E-state index contributed by atoms with van der Waals surface area (Å²) in [5.41, 5.74) is 1.25. The summed E-state index contributed by atoms with van der Waals surface area (Å²) in [5.74, 6) is -0.458. The number of aryl methyl sites for hydroxylation is 1. The van der Waals surface area contributed by atoms with Gasteiger partial charge in [0.25, 0.3) is 0 Å². The molecule has 0 bridgehead atoms. The number of carbonyl (C=O) groups is 1. The molecule has 4 heteroatoms. The van der Waals surface area contributed by atoms with Gasteiger partial charge in [-0.2, -0.15) is 5.26 Å². The van der Waals surface area contributed by atoms with Crippen molar-refractivity contribution in [3.63, 3.8) is 0 Å². The van der Waals surface area contributed by atoms with Gasteiger partial charge in [-0.05, 0) is 26.0 Å². The van der Waals surface area contributed by atoms with E-state index in [0.29, 0.717) is 17.9 Å². The summed E-state index contributed by atoms with van der Waals surface area (Å²) < 4.78 is 4.77. The number of carbonyl (C=O) groups excluding carboxylic acids is 1. The Balaban J connectivity index is 2.98. The molecule has 0 radical (unpaired) electrons. The monoisotopic (exact) mass is 190 g/mol. The lowest BCUT2D eigenvalue weighted by molar-refractivity contribution is 0.0519. The molecule has 0 aliphatic rings. The highest BCUT2D eigenvalue weighted by Crippen LogP contribution is 2.06. The standard InChI is InChI=1S/C10H10N2O2/c1-3-14-10(13)9-5-4-8(6-11)7(2)12-9/h4-5H,3H2,1-2H3. The average Bonchev–Trinajstić information content (AvgIpc) is 2.18. The molecule has 0 spiro atoms. The fraction of sp³-hybridized carbons (Fsp3) is 0.300. The second-order valence-electron chi connectivity index (χ2n) is 2.66. The Labute approximate surface area is 82.1 Å². The van der Waals surface area contributed by atoms with Crippen molar-refractivity contribution in [1.82, 2.24) is 4.98 Å². The van der Waals surface area contributed by atoms with Crippen LogP contribution in [0, 0.1) is 18.3 Å². The second-order valence-corrected chi connectivity index (χ2v) is 2.66. The molecule has 1 heterocycles. The summed E-state index contributed by atoms with van der Waals surface area (Å²) in [6, 6.07) is 5.03. The molecule has 0 unspecified atom stereocenters. The fourth-order valence-electron chi connectivity index (χ4n) is 0.998. The van der Waals surface area contributed by atoms with Gasteiger partial charge in [0, 0.05) is 0 Å². The summed E-state index contributed by atoms with van der Waals surface area (Å²) in [6.45, 7) is 3.73. The Hall–Kier alpha value is -1.89. The topological polar surface area (TPSA) is 63.0 Å². The van der Waals surface area contributed by atoms with E-state index in [1.807, 2.05) is 6.07 Å². The van der Waals surface area contributed by atoms with Crippen molar-refractivity contribution < 1.29 is 9.53 Å². The molecule has 0 aliphatic carbocycles. The number of pyridine rings is 1. The molecule has 0 aliphatic heterocycles. The lowest BCUT2D eigenvalue weighted by atomic mass is 10.2. The normalized spacial score (nSPS) is 9.21. The number of rotatable bonds is 2. The minimum Gasteiger partial charge on any atom is -0.461 e. The summed E-state index contributed by atoms with van der Waals surface area (Å²) in [4.78, 5) is 15.2. The van der Waals surface area contributed by atoms with Crippen molar-refractivity contribution in [2.75, 3.05) is 6.61 Å². The van der Waals surface area contributed by atoms with Gasteiger partial charge in [-0.25, -0.2) is 9.78 Å². The SMILES string of the molecule is CCOC(=O)c1ccc(C#N)c(C)n1. The maximum Gasteiger partial charge on any atom is 0.356 e. The van der Waals surface area contributed by atoms with Gasteiger partial charge < -0.3 is 4.74 Å². The van der Waals surface area contributed by atoms with E-state index in [2.05, 4.69) is 4.98 Å². The zero-order valence-electron chi connectivity index (χ0n) is 8.07. The molecule has 0 N–H and O–H groups in total. The summed E-state index contributed by atoms with van der Waals surface area (Å²) in [7, 11) is 0. The number of esters is 1. The third kappa shape index (κ3) is 2.07. The van der Waals surface area contributed by atoms with Gasteiger partial charge in [0.2, 0.25) is 0 Å². The minimum absolute atomic E-state index is 0.239. The van der Waals surface area contributed by atoms with Crippen LogP contribution in [0.4, 0.5) is 0 Å². The molecule has 14 heavy (non-hydrogen) atoms. The van der Waals surface area contributed by atoms with Crippen LogP contribution in [0.5, 0.6) is 0 Å². The van der Waals surface area contributed by atoms with Crippen molar-refractivity contribution in [1.29, 1.82) is 5.26 Å². The average molecular weight is 190 g/mol. The fourth-order valence-corrected chi connectivity index (χ4v) is 0.998. The molecule has 4 nitrogen and oxygen atoms in total. The molecule has 72 valence electrons. The molecule has 1 aromatic rings. The number of hydrogen-bond donors (Lipinski definition) is 0. The predicted molar refractivity (Wildman–Crippen MR) is 49.6 cm³/mol. The van der Waals surface area contributed by atoms with Crippen molar-refractivity contribution in [3.05, 3.63) is 29.1 Å². The highest BCUT2D eigenvalue weighted by atomic mass is 16.5. The number of hydrogen-bond acceptors (Lipinski definition) is 4. The Morgan fingerprint density at radius 1 is 1.64 bits per heavy atom. The molecule has 1 aromatic heterocycles. The van der Waals surface area contributed by atoms with E-state index in [1.54, 1.807) is 19.9 Å². The van der Waals surface area contributed by atoms with Crippen LogP contribution in [0.15, 0.2) is 12.1 Å². The van der Waals surface area contributed by atoms with Crippen LogP contribution >= 0.6 is 0 Å². The van der Waals surface area contributed by atoms with E-state index in [9.17, 15) is 4.79 Å². The molecule has 0 atom stereocenters. The van der Waals surface area contributed by atoms with E-state index in [4.69, 9.17) is 10.00 Å². The van der Waals surface area contributed by atoms with E-state index in [-0.39, 0.29) is 5.69 Å². The zero-order valence-corrected chi connectivity index (χ0v) is 8.07. The van der Waals surface area contributed by atoms with Gasteiger partial charge in [-0.15, -0.1) is 0 Å². The Bertz CT molecular complexity index is 394. The van der Waals surface area contributed by atoms with E-state index < -0.39 is 5.97 Å². The zero-order chi connectivity index (χ0) is 10.6. The van der Waals surface area contributed by atoms with Gasteiger partial charge in [0.05, 0.1) is 17.9 Å². The van der Waals surface area contributed by atoms with E-state index in [0.717, 1.165) is 0 Å². The van der Waals surface area contributed by atoms with E-state index >= 15 is 0 Å². The summed E-state index contributed by atoms with van der Waals surface area (Å²) in [6.07, 6.45) is 0. The maximum atomic E-state index is 11.2. The van der Waals surface area contributed by atoms with Crippen molar-refractivity contribution in [2.45, 2.75) is 13.8 Å². The third-order valence-corrected chi connectivity index (χ3v) is 1.69. The first-order valence-corrected chi connectivity index (χ1v) is 4.24.